The molecule has 5 rings (SSSR count). The van der Waals surface area contributed by atoms with Crippen molar-refractivity contribution in [1.29, 1.82) is 0 Å². The van der Waals surface area contributed by atoms with Crippen LogP contribution in [0.3, 0.4) is 0 Å². The molecule has 2 heterocycles. The molecule has 1 aliphatic rings. The minimum absolute atomic E-state index is 0.256. The summed E-state index contributed by atoms with van der Waals surface area (Å²) in [7, 11) is 0. The van der Waals surface area contributed by atoms with Crippen LogP contribution in [0.5, 0.6) is 5.75 Å². The van der Waals surface area contributed by atoms with E-state index in [1.807, 2.05) is 25.1 Å². The van der Waals surface area contributed by atoms with Crippen LogP contribution in [0.1, 0.15) is 25.5 Å². The van der Waals surface area contributed by atoms with Gasteiger partial charge < -0.3 is 25.0 Å². The first kappa shape index (κ1) is 24.4. The molecule has 0 unspecified atom stereocenters. The maximum Gasteiger partial charge on any atom is 0.128 e. The minimum atomic E-state index is -0.586. The fraction of sp³-hybridized carbons (Fsp3) is 0.355. The highest BCUT2D eigenvalue weighted by Gasteiger charge is 2.22. The highest BCUT2D eigenvalue weighted by molar-refractivity contribution is 5.87. The zero-order valence-electron chi connectivity index (χ0n) is 21.3. The normalized spacial score (nSPS) is 20.2. The van der Waals surface area contributed by atoms with Crippen LogP contribution in [-0.2, 0) is 0 Å². The molecule has 1 aliphatic heterocycles. The van der Waals surface area contributed by atoms with Gasteiger partial charge in [-0.25, -0.2) is 0 Å². The molecule has 5 nitrogen and oxygen atoms in total. The van der Waals surface area contributed by atoms with Gasteiger partial charge in [0.1, 0.15) is 18.5 Å². The number of benzene rings is 3. The van der Waals surface area contributed by atoms with Crippen LogP contribution in [0.25, 0.3) is 21.7 Å². The Hall–Kier alpha value is -3.28. The maximum atomic E-state index is 10.6. The number of allylic oxidation sites excluding steroid dienone is 1. The van der Waals surface area contributed by atoms with Gasteiger partial charge in [-0.3, -0.25) is 0 Å². The average Bonchev–Trinajstić information content (AvgIpc) is 3.27. The molecule has 5 heteroatoms. The molecule has 0 spiro atoms. The third-order valence-corrected chi connectivity index (χ3v) is 7.08. The van der Waals surface area contributed by atoms with Crippen molar-refractivity contribution in [1.82, 2.24) is 10.3 Å². The van der Waals surface area contributed by atoms with Gasteiger partial charge in [0.2, 0.25) is 0 Å². The standard InChI is InChI=1S/C31H37N3O2/c1-22-8-3-6-11-27(34(20-22)26-15-14-24-9-4-5-10-25(24)17-26)18-32-19-28(35)21-36-31-13-7-12-30-29(31)16-23(2)33-30/h3-7,9-10,12-17,22,27-28,32-33,35H,8,11,18-21H2,1-2H3/b6-3-/t22-,27-,28-/m1/s1. The van der Waals surface area contributed by atoms with Crippen LogP contribution < -0.4 is 15.0 Å². The first-order chi connectivity index (χ1) is 17.6. The van der Waals surface area contributed by atoms with Gasteiger partial charge in [0.05, 0.1) is 0 Å². The summed E-state index contributed by atoms with van der Waals surface area (Å²) in [6, 6.07) is 23.7. The van der Waals surface area contributed by atoms with Crippen LogP contribution in [0.4, 0.5) is 5.69 Å². The lowest BCUT2D eigenvalue weighted by molar-refractivity contribution is 0.107. The number of aliphatic hydroxyl groups is 1. The van der Waals surface area contributed by atoms with Crippen LogP contribution in [0, 0.1) is 12.8 Å². The Kier molecular flexibility index (Phi) is 7.59. The molecule has 0 saturated carbocycles. The van der Waals surface area contributed by atoms with E-state index in [0.717, 1.165) is 48.3 Å². The number of hydrogen-bond donors (Lipinski definition) is 3. The Morgan fingerprint density at radius 3 is 2.75 bits per heavy atom. The Labute approximate surface area is 213 Å². The Bertz CT molecular complexity index is 1330. The van der Waals surface area contributed by atoms with E-state index in [-0.39, 0.29) is 6.61 Å². The summed E-state index contributed by atoms with van der Waals surface area (Å²) in [5.41, 5.74) is 3.42. The molecule has 0 fully saturated rings. The van der Waals surface area contributed by atoms with Crippen molar-refractivity contribution in [2.45, 2.75) is 38.8 Å². The Morgan fingerprint density at radius 1 is 1.03 bits per heavy atom. The first-order valence-electron chi connectivity index (χ1n) is 13.1. The second-order valence-corrected chi connectivity index (χ2v) is 10.2. The average molecular weight is 484 g/mol. The summed E-state index contributed by atoms with van der Waals surface area (Å²) < 4.78 is 5.99. The van der Waals surface area contributed by atoms with Crippen molar-refractivity contribution in [3.63, 3.8) is 0 Å². The van der Waals surface area contributed by atoms with Gasteiger partial charge in [0.25, 0.3) is 0 Å². The number of rotatable bonds is 8. The van der Waals surface area contributed by atoms with E-state index in [0.29, 0.717) is 18.5 Å². The van der Waals surface area contributed by atoms with Crippen molar-refractivity contribution in [3.05, 3.63) is 84.6 Å². The monoisotopic (exact) mass is 483 g/mol. The molecule has 0 radical (unpaired) electrons. The van der Waals surface area contributed by atoms with Gasteiger partial charge in [0, 0.05) is 48.0 Å². The van der Waals surface area contributed by atoms with Crippen LogP contribution in [0.15, 0.2) is 78.9 Å². The molecule has 4 aromatic rings. The molecule has 3 aromatic carbocycles. The number of H-pyrrole nitrogens is 1. The second-order valence-electron chi connectivity index (χ2n) is 10.2. The number of aromatic amines is 1. The minimum Gasteiger partial charge on any atom is -0.490 e. The number of nitrogens with zero attached hydrogens (tertiary/aromatic N) is 1. The van der Waals surface area contributed by atoms with Gasteiger partial charge in [-0.15, -0.1) is 0 Å². The highest BCUT2D eigenvalue weighted by atomic mass is 16.5. The fourth-order valence-corrected chi connectivity index (χ4v) is 5.19. The van der Waals surface area contributed by atoms with Crippen molar-refractivity contribution >= 4 is 27.4 Å². The molecule has 0 aliphatic carbocycles. The Balaban J connectivity index is 1.22. The number of aryl methyl sites for hydroxylation is 1. The second kappa shape index (κ2) is 11.2. The lowest BCUT2D eigenvalue weighted by atomic mass is 9.99. The molecule has 3 atom stereocenters. The summed E-state index contributed by atoms with van der Waals surface area (Å²) in [6.45, 7) is 6.92. The molecule has 0 bridgehead atoms. The van der Waals surface area contributed by atoms with Crippen LogP contribution in [-0.4, -0.2) is 48.5 Å². The number of hydrogen-bond acceptors (Lipinski definition) is 4. The maximum absolute atomic E-state index is 10.6. The summed E-state index contributed by atoms with van der Waals surface area (Å²) in [5.74, 6) is 1.38. The van der Waals surface area contributed by atoms with Crippen LogP contribution >= 0.6 is 0 Å². The number of aromatic nitrogens is 1. The van der Waals surface area contributed by atoms with Crippen molar-refractivity contribution in [3.8, 4) is 5.75 Å². The largest absolute Gasteiger partial charge is 0.490 e. The molecule has 36 heavy (non-hydrogen) atoms. The number of ether oxygens (including phenoxy) is 1. The summed E-state index contributed by atoms with van der Waals surface area (Å²) >= 11 is 0. The third-order valence-electron chi connectivity index (χ3n) is 7.08. The SMILES string of the molecule is Cc1cc2c(OC[C@H](O)CNC[C@H]3C/C=C\C[C@@H](C)CN3c3ccc4ccccc4c3)cccc2[nH]1. The third kappa shape index (κ3) is 5.75. The fourth-order valence-electron chi connectivity index (χ4n) is 5.19. The predicted molar refractivity (Wildman–Crippen MR) is 150 cm³/mol. The van der Waals surface area contributed by atoms with Gasteiger partial charge in [-0.1, -0.05) is 55.5 Å². The number of aliphatic hydroxyl groups excluding tert-OH is 1. The summed E-state index contributed by atoms with van der Waals surface area (Å²) in [4.78, 5) is 5.88. The van der Waals surface area contributed by atoms with E-state index in [9.17, 15) is 5.11 Å². The summed E-state index contributed by atoms with van der Waals surface area (Å²) in [6.07, 6.45) is 6.13. The molecular formula is C31H37N3O2. The summed E-state index contributed by atoms with van der Waals surface area (Å²) in [5, 5.41) is 17.7. The van der Waals surface area contributed by atoms with E-state index < -0.39 is 6.10 Å². The molecule has 0 saturated heterocycles. The van der Waals surface area contributed by atoms with Crippen molar-refractivity contribution in [2.75, 3.05) is 31.1 Å². The topological polar surface area (TPSA) is 60.5 Å². The zero-order chi connectivity index (χ0) is 24.9. The van der Waals surface area contributed by atoms with E-state index in [1.165, 1.54) is 16.5 Å². The molecule has 3 N–H and O–H groups in total. The smallest absolute Gasteiger partial charge is 0.128 e. The quantitative estimate of drug-likeness (QED) is 0.276. The zero-order valence-corrected chi connectivity index (χ0v) is 21.3. The number of nitrogens with one attached hydrogen (secondary N) is 2. The number of anilines is 1. The van der Waals surface area contributed by atoms with E-state index in [4.69, 9.17) is 4.74 Å². The predicted octanol–water partition coefficient (Wildman–Crippen LogP) is 5.82. The van der Waals surface area contributed by atoms with Gasteiger partial charge in [0.15, 0.2) is 0 Å². The molecule has 0 amide bonds. The molecule has 1 aromatic heterocycles. The van der Waals surface area contributed by atoms with E-state index in [2.05, 4.69) is 82.8 Å². The van der Waals surface area contributed by atoms with E-state index >= 15 is 0 Å². The van der Waals surface area contributed by atoms with Gasteiger partial charge >= 0.3 is 0 Å². The first-order valence-corrected chi connectivity index (χ1v) is 13.1. The Morgan fingerprint density at radius 2 is 1.86 bits per heavy atom. The lowest BCUT2D eigenvalue weighted by Gasteiger charge is -2.37. The molecule has 188 valence electrons. The van der Waals surface area contributed by atoms with Crippen molar-refractivity contribution in [2.24, 2.45) is 5.92 Å². The van der Waals surface area contributed by atoms with Crippen LogP contribution in [0.2, 0.25) is 0 Å². The van der Waals surface area contributed by atoms with Gasteiger partial charge in [-0.2, -0.15) is 0 Å². The number of fused-ring (bicyclic) bond motifs is 2. The van der Waals surface area contributed by atoms with Gasteiger partial charge in [-0.05, 0) is 66.8 Å². The molecular weight excluding hydrogens is 446 g/mol. The lowest BCUT2D eigenvalue weighted by Crippen LogP contribution is -2.46. The van der Waals surface area contributed by atoms with Crippen molar-refractivity contribution < 1.29 is 9.84 Å². The van der Waals surface area contributed by atoms with E-state index in [1.54, 1.807) is 0 Å². The highest BCUT2D eigenvalue weighted by Crippen LogP contribution is 2.28.